The summed E-state index contributed by atoms with van der Waals surface area (Å²) in [6, 6.07) is 21.0. The van der Waals surface area contributed by atoms with E-state index in [1.54, 1.807) is 12.3 Å². The number of pyridine rings is 1. The van der Waals surface area contributed by atoms with Crippen LogP contribution in [0.4, 0.5) is 28.4 Å². The summed E-state index contributed by atoms with van der Waals surface area (Å²) >= 11 is 0. The minimum absolute atomic E-state index is 0.0318. The molecule has 6 aliphatic heterocycles. The van der Waals surface area contributed by atoms with Gasteiger partial charge in [-0.3, -0.25) is 19.8 Å². The van der Waals surface area contributed by atoms with Gasteiger partial charge in [0.1, 0.15) is 24.0 Å². The van der Waals surface area contributed by atoms with Gasteiger partial charge in [0.15, 0.2) is 11.4 Å². The number of hydrogen-bond acceptors (Lipinski definition) is 14. The number of aryl methyl sites for hydroxylation is 1. The predicted molar refractivity (Wildman–Crippen MR) is 255 cm³/mol. The normalized spacial score (nSPS) is 24.9. The molecule has 3 N–H and O–H groups in total. The second kappa shape index (κ2) is 16.9. The van der Waals surface area contributed by atoms with Gasteiger partial charge in [0, 0.05) is 67.8 Å². The molecule has 1 saturated carbocycles. The first-order valence-corrected chi connectivity index (χ1v) is 25.6. The molecule has 3 aromatic carbocycles. The van der Waals surface area contributed by atoms with Crippen LogP contribution in [-0.2, 0) is 19.5 Å². The highest BCUT2D eigenvalue weighted by Crippen LogP contribution is 2.55. The Hall–Kier alpha value is -5.95. The number of benzene rings is 3. The molecule has 1 amide bonds. The van der Waals surface area contributed by atoms with Crippen molar-refractivity contribution in [2.75, 3.05) is 67.8 Å². The number of piperidine rings is 1. The van der Waals surface area contributed by atoms with Crippen LogP contribution in [0.1, 0.15) is 78.9 Å². The van der Waals surface area contributed by atoms with Crippen molar-refractivity contribution in [2.45, 2.75) is 93.5 Å². The van der Waals surface area contributed by atoms with Crippen LogP contribution in [-0.4, -0.2) is 111 Å². The number of fused-ring (bicyclic) bond motifs is 4. The van der Waals surface area contributed by atoms with Crippen LogP contribution in [0, 0.1) is 28.4 Å². The standard InChI is InChI=1S/C50H56N8O9S/c1-30-5-2-3-6-36(30)39-7-4-16-56(39)34-25-50(26-34)13-17-55(18-14-50)33-8-9-37(40(22-33)57-42-21-32-10-15-51-47(32)53-49(42)67-45-29-65-28-43(45)57)48(59)54-68(62,63)35-23-41(58(60)61)46-44(24-35)66-27-38(52-46)31-11-19-64-20-12-31/h2-3,5-6,8-10,15,21-24,31,34,38-39,43,45,52H,4,7,11-14,16-20,25-29H2,1H3,(H,51,53)(H,54,59)/t38-,39-,43+,45-/m0/s1. The van der Waals surface area contributed by atoms with Crippen LogP contribution in [0.15, 0.2) is 77.8 Å². The molecule has 0 unspecified atom stereocenters. The number of carbonyl (C=O) groups is 1. The van der Waals surface area contributed by atoms with Gasteiger partial charge in [-0.2, -0.15) is 4.98 Å². The molecule has 0 radical (unpaired) electrons. The van der Waals surface area contributed by atoms with Gasteiger partial charge < -0.3 is 39.0 Å². The number of H-pyrrole nitrogens is 1. The monoisotopic (exact) mass is 944 g/mol. The maximum absolute atomic E-state index is 14.7. The fourth-order valence-electron chi connectivity index (χ4n) is 12.3. The van der Waals surface area contributed by atoms with Crippen LogP contribution in [0.2, 0.25) is 0 Å². The largest absolute Gasteiger partial charge is 0.489 e. The lowest BCUT2D eigenvalue weighted by Crippen LogP contribution is -2.55. The second-order valence-corrected chi connectivity index (χ2v) is 21.6. The minimum atomic E-state index is -4.68. The van der Waals surface area contributed by atoms with E-state index in [1.807, 2.05) is 29.2 Å². The summed E-state index contributed by atoms with van der Waals surface area (Å²) < 4.78 is 54.8. The third kappa shape index (κ3) is 7.59. The molecule has 0 bridgehead atoms. The third-order valence-electron chi connectivity index (χ3n) is 16.0. The molecule has 5 aromatic rings. The minimum Gasteiger partial charge on any atom is -0.489 e. The van der Waals surface area contributed by atoms with E-state index in [2.05, 4.69) is 56.0 Å². The average molecular weight is 945 g/mol. The van der Waals surface area contributed by atoms with E-state index >= 15 is 0 Å². The number of nitro benzene ring substituents is 1. The van der Waals surface area contributed by atoms with Crippen LogP contribution < -0.4 is 29.3 Å². The summed E-state index contributed by atoms with van der Waals surface area (Å²) in [5.74, 6) is -0.320. The molecule has 2 aromatic heterocycles. The van der Waals surface area contributed by atoms with Crippen molar-refractivity contribution in [1.82, 2.24) is 19.6 Å². The van der Waals surface area contributed by atoms with Crippen molar-refractivity contribution < 1.29 is 37.1 Å². The van der Waals surface area contributed by atoms with Crippen molar-refractivity contribution in [3.8, 4) is 11.6 Å². The van der Waals surface area contributed by atoms with E-state index in [1.165, 1.54) is 42.9 Å². The van der Waals surface area contributed by atoms with E-state index < -0.39 is 37.5 Å². The highest BCUT2D eigenvalue weighted by molar-refractivity contribution is 7.90. The highest BCUT2D eigenvalue weighted by Gasteiger charge is 2.50. The predicted octanol–water partition coefficient (Wildman–Crippen LogP) is 7.38. The molecule has 356 valence electrons. The number of aromatic nitrogens is 2. The van der Waals surface area contributed by atoms with Gasteiger partial charge >= 0.3 is 0 Å². The van der Waals surface area contributed by atoms with Crippen molar-refractivity contribution in [3.05, 3.63) is 99.7 Å². The Balaban J connectivity index is 0.838. The number of aromatic amines is 1. The van der Waals surface area contributed by atoms with E-state index in [9.17, 15) is 23.3 Å². The fourth-order valence-corrected chi connectivity index (χ4v) is 13.3. The Morgan fingerprint density at radius 1 is 0.941 bits per heavy atom. The summed E-state index contributed by atoms with van der Waals surface area (Å²) in [6.07, 6.45) is 9.88. The first-order valence-electron chi connectivity index (χ1n) is 24.1. The summed E-state index contributed by atoms with van der Waals surface area (Å²) in [5, 5.41) is 16.6. The van der Waals surface area contributed by atoms with Gasteiger partial charge in [0.05, 0.1) is 46.4 Å². The highest BCUT2D eigenvalue weighted by atomic mass is 32.2. The molecule has 1 spiro atoms. The molecule has 5 fully saturated rings. The number of carbonyl (C=O) groups excluding carboxylic acids is 1. The summed E-state index contributed by atoms with van der Waals surface area (Å²) in [7, 11) is -4.68. The first kappa shape index (κ1) is 43.3. The van der Waals surface area contributed by atoms with Crippen LogP contribution in [0.5, 0.6) is 11.6 Å². The number of rotatable bonds is 9. The Kier molecular flexibility index (Phi) is 10.8. The molecule has 1 aliphatic carbocycles. The third-order valence-corrected chi connectivity index (χ3v) is 17.3. The smallest absolute Gasteiger partial charge is 0.297 e. The topological polar surface area (TPSA) is 194 Å². The zero-order chi connectivity index (χ0) is 46.3. The average Bonchev–Trinajstić information content (AvgIpc) is 4.13. The van der Waals surface area contributed by atoms with Gasteiger partial charge in [-0.1, -0.05) is 24.3 Å². The number of likely N-dealkylation sites (tertiary alicyclic amines) is 1. The quantitative estimate of drug-likeness (QED) is 0.0979. The Morgan fingerprint density at radius 3 is 2.57 bits per heavy atom. The molecule has 7 aliphatic rings. The number of hydrogen-bond donors (Lipinski definition) is 3. The molecule has 8 heterocycles. The Labute approximate surface area is 394 Å². The number of ether oxygens (including phenoxy) is 4. The van der Waals surface area contributed by atoms with Gasteiger partial charge in [-0.25, -0.2) is 13.1 Å². The number of anilines is 4. The van der Waals surface area contributed by atoms with Crippen molar-refractivity contribution in [3.63, 3.8) is 0 Å². The van der Waals surface area contributed by atoms with Crippen LogP contribution >= 0.6 is 0 Å². The summed E-state index contributed by atoms with van der Waals surface area (Å²) in [5.41, 5.74) is 5.54. The molecule has 4 atom stereocenters. The maximum atomic E-state index is 14.7. The number of nitro groups is 1. The van der Waals surface area contributed by atoms with Gasteiger partial charge in [0.2, 0.25) is 5.88 Å². The van der Waals surface area contributed by atoms with Crippen molar-refractivity contribution >= 4 is 55.4 Å². The van der Waals surface area contributed by atoms with Crippen LogP contribution in [0.3, 0.4) is 0 Å². The Bertz CT molecular complexity index is 2910. The zero-order valence-electron chi connectivity index (χ0n) is 38.0. The van der Waals surface area contributed by atoms with Gasteiger partial charge in [-0.05, 0) is 118 Å². The lowest BCUT2D eigenvalue weighted by molar-refractivity contribution is -0.384. The molecule has 18 heteroatoms. The Morgan fingerprint density at radius 2 is 1.76 bits per heavy atom. The molecular formula is C50H56N8O9S. The van der Waals surface area contributed by atoms with E-state index in [4.69, 9.17) is 23.9 Å². The molecular weight excluding hydrogens is 889 g/mol. The van der Waals surface area contributed by atoms with Crippen molar-refractivity contribution in [1.29, 1.82) is 0 Å². The van der Waals surface area contributed by atoms with E-state index in [0.717, 1.165) is 62.5 Å². The molecule has 68 heavy (non-hydrogen) atoms. The number of amides is 1. The number of nitrogens with one attached hydrogen (secondary N) is 3. The van der Waals surface area contributed by atoms with Gasteiger partial charge in [-0.15, -0.1) is 0 Å². The van der Waals surface area contributed by atoms with Gasteiger partial charge in [0.25, 0.3) is 21.6 Å². The molecule has 12 rings (SSSR count). The SMILES string of the molecule is Cc1ccccc1[C@@H]1CCCN1C1CC2(CCN(c3ccc(C(=O)NS(=O)(=O)c4cc5c(c([N+](=O)[O-])c4)N[C@H](C4CCOCC4)CO5)c(N4c5cc6cc[nH]c6nc5O[C@H]5COC[C@H]54)c3)CC2)C1. The van der Waals surface area contributed by atoms with Crippen LogP contribution in [0.25, 0.3) is 11.0 Å². The lowest BCUT2D eigenvalue weighted by atomic mass is 9.59. The second-order valence-electron chi connectivity index (χ2n) is 19.9. The maximum Gasteiger partial charge on any atom is 0.297 e. The molecule has 4 saturated heterocycles. The fraction of sp³-hybridized carbons (Fsp3) is 0.480. The summed E-state index contributed by atoms with van der Waals surface area (Å²) in [6.45, 7) is 7.06. The van der Waals surface area contributed by atoms with E-state index in [0.29, 0.717) is 66.8 Å². The first-order chi connectivity index (χ1) is 33.0. The molecule has 17 nitrogen and oxygen atoms in total. The van der Waals surface area contributed by atoms with E-state index in [-0.39, 0.29) is 41.6 Å². The number of sulfonamides is 1. The van der Waals surface area contributed by atoms with Crippen molar-refractivity contribution in [2.24, 2.45) is 11.3 Å². The zero-order valence-corrected chi connectivity index (χ0v) is 38.8. The summed E-state index contributed by atoms with van der Waals surface area (Å²) in [4.78, 5) is 41.2. The lowest BCUT2D eigenvalue weighted by Gasteiger charge is -2.56. The number of nitrogens with zero attached hydrogens (tertiary/aromatic N) is 5.